The van der Waals surface area contributed by atoms with Crippen molar-refractivity contribution in [1.29, 1.82) is 0 Å². The Morgan fingerprint density at radius 2 is 2.00 bits per heavy atom. The fourth-order valence-electron chi connectivity index (χ4n) is 3.86. The van der Waals surface area contributed by atoms with Crippen molar-refractivity contribution in [3.05, 3.63) is 47.5 Å². The number of rotatable bonds is 2. The molecule has 1 fully saturated rings. The number of hydrogen-bond donors (Lipinski definition) is 0. The fraction of sp³-hybridized carbons (Fsp3) is 0.368. The van der Waals surface area contributed by atoms with E-state index in [1.165, 1.54) is 0 Å². The molecule has 11 heteroatoms. The SMILES string of the molecule is O=C(c1ccc2c(c1)OCO2)N1CCCC(c2cc(C(F)(F)F)n3ncnc3n2)C1. The molecule has 30 heavy (non-hydrogen) atoms. The number of alkyl halides is 3. The van der Waals surface area contributed by atoms with Crippen LogP contribution in [0.4, 0.5) is 13.2 Å². The second-order valence-corrected chi connectivity index (χ2v) is 7.19. The molecule has 8 nitrogen and oxygen atoms in total. The third-order valence-corrected chi connectivity index (χ3v) is 5.31. The van der Waals surface area contributed by atoms with Gasteiger partial charge in [0, 0.05) is 24.6 Å². The molecule has 1 amide bonds. The van der Waals surface area contributed by atoms with Gasteiger partial charge in [-0.3, -0.25) is 4.79 Å². The summed E-state index contributed by atoms with van der Waals surface area (Å²) in [6.07, 6.45) is -2.28. The summed E-state index contributed by atoms with van der Waals surface area (Å²) < 4.78 is 51.7. The van der Waals surface area contributed by atoms with Crippen molar-refractivity contribution >= 4 is 11.7 Å². The van der Waals surface area contributed by atoms with Gasteiger partial charge in [-0.1, -0.05) is 0 Å². The van der Waals surface area contributed by atoms with Crippen LogP contribution in [0, 0.1) is 0 Å². The largest absolute Gasteiger partial charge is 0.454 e. The smallest absolute Gasteiger partial charge is 0.433 e. The van der Waals surface area contributed by atoms with Crippen molar-refractivity contribution < 1.29 is 27.4 Å². The normalized spacial score (nSPS) is 18.8. The molecule has 0 bridgehead atoms. The van der Waals surface area contributed by atoms with Gasteiger partial charge in [-0.25, -0.2) is 4.98 Å². The highest BCUT2D eigenvalue weighted by molar-refractivity contribution is 5.95. The topological polar surface area (TPSA) is 81.9 Å². The number of piperidine rings is 1. The maximum Gasteiger partial charge on any atom is 0.433 e. The van der Waals surface area contributed by atoms with E-state index in [9.17, 15) is 18.0 Å². The lowest BCUT2D eigenvalue weighted by molar-refractivity contribution is -0.142. The van der Waals surface area contributed by atoms with Gasteiger partial charge in [-0.2, -0.15) is 27.8 Å². The Morgan fingerprint density at radius 1 is 1.17 bits per heavy atom. The highest BCUT2D eigenvalue weighted by atomic mass is 19.4. The van der Waals surface area contributed by atoms with Crippen molar-refractivity contribution in [3.8, 4) is 11.5 Å². The molecule has 0 radical (unpaired) electrons. The Hall–Kier alpha value is -3.37. The standard InChI is InChI=1S/C19H16F3N5O3/c20-19(21,22)16-7-13(25-18-23-9-24-27(16)18)12-2-1-5-26(8-12)17(28)11-3-4-14-15(6-11)30-10-29-14/h3-4,6-7,9,12H,1-2,5,8,10H2. The number of ether oxygens (including phenoxy) is 2. The molecule has 1 aromatic carbocycles. The highest BCUT2D eigenvalue weighted by Crippen LogP contribution is 2.35. The first-order valence-corrected chi connectivity index (χ1v) is 9.37. The number of carbonyl (C=O) groups is 1. The van der Waals surface area contributed by atoms with Crippen molar-refractivity contribution in [3.63, 3.8) is 0 Å². The van der Waals surface area contributed by atoms with Crippen molar-refractivity contribution in [2.75, 3.05) is 19.9 Å². The van der Waals surface area contributed by atoms with Gasteiger partial charge in [0.25, 0.3) is 11.7 Å². The molecule has 0 aliphatic carbocycles. The van der Waals surface area contributed by atoms with Crippen LogP contribution in [0.5, 0.6) is 11.5 Å². The number of carbonyl (C=O) groups excluding carboxylic acids is 1. The third kappa shape index (κ3) is 3.19. The number of halogens is 3. The van der Waals surface area contributed by atoms with Crippen molar-refractivity contribution in [2.45, 2.75) is 24.9 Å². The van der Waals surface area contributed by atoms with Gasteiger partial charge in [0.2, 0.25) is 6.79 Å². The van der Waals surface area contributed by atoms with Crippen LogP contribution in [-0.2, 0) is 6.18 Å². The average molecular weight is 419 g/mol. The maximum absolute atomic E-state index is 13.5. The summed E-state index contributed by atoms with van der Waals surface area (Å²) in [6, 6.07) is 5.95. The van der Waals surface area contributed by atoms with E-state index >= 15 is 0 Å². The molecule has 0 saturated carbocycles. The molecule has 0 spiro atoms. The van der Waals surface area contributed by atoms with Gasteiger partial charge in [0.1, 0.15) is 6.33 Å². The molecular formula is C19H16F3N5O3. The van der Waals surface area contributed by atoms with E-state index in [1.807, 2.05) is 0 Å². The van der Waals surface area contributed by atoms with Crippen LogP contribution < -0.4 is 9.47 Å². The predicted octanol–water partition coefficient (Wildman–Crippen LogP) is 2.89. The number of hydrogen-bond acceptors (Lipinski definition) is 6. The van der Waals surface area contributed by atoms with Gasteiger partial charge >= 0.3 is 6.18 Å². The zero-order valence-corrected chi connectivity index (χ0v) is 15.6. The summed E-state index contributed by atoms with van der Waals surface area (Å²) in [5, 5.41) is 3.62. The summed E-state index contributed by atoms with van der Waals surface area (Å²) in [7, 11) is 0. The lowest BCUT2D eigenvalue weighted by Gasteiger charge is -2.32. The number of likely N-dealkylation sites (tertiary alicyclic amines) is 1. The lowest BCUT2D eigenvalue weighted by atomic mass is 9.93. The molecule has 2 aromatic heterocycles. The van der Waals surface area contributed by atoms with Crippen LogP contribution in [0.15, 0.2) is 30.6 Å². The number of benzene rings is 1. The minimum Gasteiger partial charge on any atom is -0.454 e. The molecule has 3 aromatic rings. The molecule has 4 heterocycles. The minimum absolute atomic E-state index is 0.108. The summed E-state index contributed by atoms with van der Waals surface area (Å²) in [4.78, 5) is 22.7. The zero-order valence-electron chi connectivity index (χ0n) is 15.6. The number of amides is 1. The quantitative estimate of drug-likeness (QED) is 0.635. The Kier molecular flexibility index (Phi) is 4.26. The maximum atomic E-state index is 13.5. The van der Waals surface area contributed by atoms with Gasteiger partial charge in [-0.05, 0) is 37.1 Å². The van der Waals surface area contributed by atoms with Crippen LogP contribution in [0.1, 0.15) is 40.5 Å². The molecule has 2 aliphatic heterocycles. The Labute approximate surface area is 168 Å². The van der Waals surface area contributed by atoms with Crippen molar-refractivity contribution in [1.82, 2.24) is 24.5 Å². The molecule has 5 rings (SSSR count). The first-order chi connectivity index (χ1) is 14.4. The summed E-state index contributed by atoms with van der Waals surface area (Å²) in [5.74, 6) is 0.424. The van der Waals surface area contributed by atoms with E-state index in [0.29, 0.717) is 41.0 Å². The molecule has 1 unspecified atom stereocenters. The van der Waals surface area contributed by atoms with E-state index in [4.69, 9.17) is 9.47 Å². The van der Waals surface area contributed by atoms with E-state index in [0.717, 1.165) is 12.4 Å². The first-order valence-electron chi connectivity index (χ1n) is 9.37. The second-order valence-electron chi connectivity index (χ2n) is 7.19. The number of aromatic nitrogens is 4. The summed E-state index contributed by atoms with van der Waals surface area (Å²) in [6.45, 7) is 0.891. The molecule has 2 aliphatic rings. The lowest BCUT2D eigenvalue weighted by Crippen LogP contribution is -2.39. The minimum atomic E-state index is -4.60. The predicted molar refractivity (Wildman–Crippen MR) is 96.2 cm³/mol. The van der Waals surface area contributed by atoms with Crippen LogP contribution in [0.2, 0.25) is 0 Å². The van der Waals surface area contributed by atoms with E-state index < -0.39 is 11.9 Å². The molecule has 0 N–H and O–H groups in total. The number of nitrogens with zero attached hydrogens (tertiary/aromatic N) is 5. The molecule has 156 valence electrons. The zero-order chi connectivity index (χ0) is 20.9. The van der Waals surface area contributed by atoms with Crippen molar-refractivity contribution in [2.24, 2.45) is 0 Å². The fourth-order valence-corrected chi connectivity index (χ4v) is 3.86. The summed E-state index contributed by atoms with van der Waals surface area (Å²) >= 11 is 0. The van der Waals surface area contributed by atoms with E-state index in [1.54, 1.807) is 23.1 Å². The van der Waals surface area contributed by atoms with E-state index in [-0.39, 0.29) is 36.6 Å². The van der Waals surface area contributed by atoms with Gasteiger partial charge < -0.3 is 14.4 Å². The molecular weight excluding hydrogens is 403 g/mol. The van der Waals surface area contributed by atoms with Gasteiger partial charge in [0.05, 0.1) is 5.69 Å². The Bertz CT molecular complexity index is 1130. The Balaban J connectivity index is 1.42. The van der Waals surface area contributed by atoms with Gasteiger partial charge in [-0.15, -0.1) is 0 Å². The van der Waals surface area contributed by atoms with Crippen LogP contribution in [-0.4, -0.2) is 50.3 Å². The highest BCUT2D eigenvalue weighted by Gasteiger charge is 2.37. The third-order valence-electron chi connectivity index (χ3n) is 5.31. The monoisotopic (exact) mass is 419 g/mol. The number of fused-ring (bicyclic) bond motifs is 2. The molecule has 1 saturated heterocycles. The first kappa shape index (κ1) is 18.6. The van der Waals surface area contributed by atoms with Crippen LogP contribution >= 0.6 is 0 Å². The summed E-state index contributed by atoms with van der Waals surface area (Å²) in [5.41, 5.74) is -0.234. The van der Waals surface area contributed by atoms with Gasteiger partial charge in [0.15, 0.2) is 17.2 Å². The van der Waals surface area contributed by atoms with Crippen LogP contribution in [0.25, 0.3) is 5.78 Å². The average Bonchev–Trinajstić information content (AvgIpc) is 3.40. The second kappa shape index (κ2) is 6.85. The molecule has 1 atom stereocenters. The van der Waals surface area contributed by atoms with E-state index in [2.05, 4.69) is 15.1 Å². The van der Waals surface area contributed by atoms with Crippen LogP contribution in [0.3, 0.4) is 0 Å². The Morgan fingerprint density at radius 3 is 2.83 bits per heavy atom.